The minimum absolute atomic E-state index is 0.114. The van der Waals surface area contributed by atoms with Gasteiger partial charge in [-0.2, -0.15) is 0 Å². The molecule has 0 radical (unpaired) electrons. The fraction of sp³-hybridized carbons (Fsp3) is 0.700. The normalized spacial score (nSPS) is 28.5. The van der Waals surface area contributed by atoms with Crippen LogP contribution in [0.15, 0.2) is 18.3 Å². The van der Waals surface area contributed by atoms with Gasteiger partial charge in [-0.05, 0) is 57.7 Å². The summed E-state index contributed by atoms with van der Waals surface area (Å²) >= 11 is 0. The molecule has 25 heavy (non-hydrogen) atoms. The number of anilines is 1. The topological polar surface area (TPSA) is 39.7 Å². The summed E-state index contributed by atoms with van der Waals surface area (Å²) in [5.41, 5.74) is 2.45. The summed E-state index contributed by atoms with van der Waals surface area (Å²) < 4.78 is 0. The van der Waals surface area contributed by atoms with E-state index in [0.29, 0.717) is 12.3 Å². The van der Waals surface area contributed by atoms with Gasteiger partial charge in [-0.25, -0.2) is 0 Å². The first kappa shape index (κ1) is 16.8. The number of aromatic nitrogens is 1. The number of likely N-dealkylation sites (N-methyl/N-ethyl adjacent to an activating group) is 1. The monoisotopic (exact) mass is 342 g/mol. The largest absolute Gasteiger partial charge is 0.368 e. The Kier molecular flexibility index (Phi) is 4.44. The Hall–Kier alpha value is -1.62. The molecule has 3 fully saturated rings. The van der Waals surface area contributed by atoms with Crippen molar-refractivity contribution < 1.29 is 4.79 Å². The summed E-state index contributed by atoms with van der Waals surface area (Å²) in [6, 6.07) is 4.30. The Balaban J connectivity index is 1.51. The number of amides is 1. The molecule has 0 N–H and O–H groups in total. The molecule has 1 spiro atoms. The molecule has 5 heteroatoms. The lowest BCUT2D eigenvalue weighted by molar-refractivity contribution is -0.130. The van der Waals surface area contributed by atoms with Crippen molar-refractivity contribution in [3.05, 3.63) is 24.0 Å². The number of nitrogens with zero attached hydrogens (tertiary/aromatic N) is 4. The Bertz CT molecular complexity index is 644. The third kappa shape index (κ3) is 3.52. The van der Waals surface area contributed by atoms with Crippen molar-refractivity contribution in [3.63, 3.8) is 0 Å². The lowest BCUT2D eigenvalue weighted by Crippen LogP contribution is -2.61. The van der Waals surface area contributed by atoms with Crippen molar-refractivity contribution in [2.75, 3.05) is 44.7 Å². The van der Waals surface area contributed by atoms with Crippen LogP contribution in [0.2, 0.25) is 0 Å². The summed E-state index contributed by atoms with van der Waals surface area (Å²) in [5.74, 6) is 1.15. The number of hydrogen-bond donors (Lipinski definition) is 0. The van der Waals surface area contributed by atoms with E-state index in [0.717, 1.165) is 57.2 Å². The van der Waals surface area contributed by atoms with Crippen molar-refractivity contribution in [1.82, 2.24) is 14.8 Å². The number of piperazine rings is 1. The predicted octanol–water partition coefficient (Wildman–Crippen LogP) is 2.30. The van der Waals surface area contributed by atoms with Crippen LogP contribution in [-0.2, 0) is 4.79 Å². The predicted molar refractivity (Wildman–Crippen MR) is 99.7 cm³/mol. The molecule has 2 saturated heterocycles. The second kappa shape index (κ2) is 6.60. The van der Waals surface area contributed by atoms with Gasteiger partial charge in [0.2, 0.25) is 5.91 Å². The molecule has 1 saturated carbocycles. The number of likely N-dealkylation sites (tertiary alicyclic amines) is 1. The van der Waals surface area contributed by atoms with E-state index < -0.39 is 0 Å². The Morgan fingerprint density at radius 3 is 2.84 bits per heavy atom. The van der Waals surface area contributed by atoms with E-state index in [1.165, 1.54) is 18.5 Å². The molecule has 5 nitrogen and oxygen atoms in total. The standard InChI is InChI=1S/C20H30N4O/c1-16-13-18(6-9-21-16)24-12-11-22(2)20(15-24)7-5-19(25)23(10-8-20)14-17-3-4-17/h6,9,13,17H,3-5,7-8,10-12,14-15H2,1-2H3/t20-/m1/s1. The number of rotatable bonds is 3. The van der Waals surface area contributed by atoms with Gasteiger partial charge >= 0.3 is 0 Å². The van der Waals surface area contributed by atoms with Gasteiger partial charge in [0.05, 0.1) is 0 Å². The lowest BCUT2D eigenvalue weighted by Gasteiger charge is -2.50. The zero-order valence-electron chi connectivity index (χ0n) is 15.6. The number of carbonyl (C=O) groups is 1. The van der Waals surface area contributed by atoms with Crippen LogP contribution in [0.1, 0.15) is 37.8 Å². The average Bonchev–Trinajstić information content (AvgIpc) is 3.43. The molecule has 2 aliphatic heterocycles. The van der Waals surface area contributed by atoms with E-state index in [1.807, 2.05) is 6.20 Å². The molecular weight excluding hydrogens is 312 g/mol. The second-order valence-corrected chi connectivity index (χ2v) is 8.26. The minimum Gasteiger partial charge on any atom is -0.368 e. The van der Waals surface area contributed by atoms with Crippen LogP contribution in [0.25, 0.3) is 0 Å². The van der Waals surface area contributed by atoms with E-state index in [9.17, 15) is 4.79 Å². The molecule has 3 heterocycles. The van der Waals surface area contributed by atoms with Gasteiger partial charge in [-0.15, -0.1) is 0 Å². The summed E-state index contributed by atoms with van der Waals surface area (Å²) in [6.07, 6.45) is 7.28. The van der Waals surface area contributed by atoms with E-state index >= 15 is 0 Å². The molecule has 3 aliphatic rings. The average molecular weight is 342 g/mol. The SMILES string of the molecule is Cc1cc(N2CCN(C)[C@@]3(CCC(=O)N(CC4CC4)CC3)C2)ccn1. The van der Waals surface area contributed by atoms with Gasteiger partial charge in [-0.1, -0.05) is 0 Å². The van der Waals surface area contributed by atoms with E-state index in [1.54, 1.807) is 0 Å². The number of hydrogen-bond acceptors (Lipinski definition) is 4. The summed E-state index contributed by atoms with van der Waals surface area (Å²) in [5, 5.41) is 0. The van der Waals surface area contributed by atoms with Crippen molar-refractivity contribution in [2.24, 2.45) is 5.92 Å². The first-order valence-electron chi connectivity index (χ1n) is 9.72. The first-order chi connectivity index (χ1) is 12.1. The lowest BCUT2D eigenvalue weighted by atomic mass is 9.86. The molecule has 1 aromatic rings. The Morgan fingerprint density at radius 2 is 2.08 bits per heavy atom. The molecular formula is C20H30N4O. The van der Waals surface area contributed by atoms with E-state index in [-0.39, 0.29) is 5.54 Å². The first-order valence-corrected chi connectivity index (χ1v) is 9.72. The fourth-order valence-corrected chi connectivity index (χ4v) is 4.45. The van der Waals surface area contributed by atoms with Crippen LogP contribution < -0.4 is 4.90 Å². The Morgan fingerprint density at radius 1 is 1.24 bits per heavy atom. The number of carbonyl (C=O) groups excluding carboxylic acids is 1. The highest BCUT2D eigenvalue weighted by atomic mass is 16.2. The number of pyridine rings is 1. The molecule has 4 rings (SSSR count). The maximum Gasteiger partial charge on any atom is 0.222 e. The highest BCUT2D eigenvalue weighted by Crippen LogP contribution is 2.36. The highest BCUT2D eigenvalue weighted by Gasteiger charge is 2.43. The third-order valence-corrected chi connectivity index (χ3v) is 6.43. The van der Waals surface area contributed by atoms with Crippen molar-refractivity contribution in [1.29, 1.82) is 0 Å². The van der Waals surface area contributed by atoms with Crippen LogP contribution in [0.3, 0.4) is 0 Å². The minimum atomic E-state index is 0.114. The molecule has 136 valence electrons. The number of aryl methyl sites for hydroxylation is 1. The molecule has 1 atom stereocenters. The maximum atomic E-state index is 12.6. The quantitative estimate of drug-likeness (QED) is 0.845. The van der Waals surface area contributed by atoms with Crippen molar-refractivity contribution in [2.45, 2.75) is 44.6 Å². The van der Waals surface area contributed by atoms with Crippen LogP contribution >= 0.6 is 0 Å². The van der Waals surface area contributed by atoms with Gasteiger partial charge in [-0.3, -0.25) is 14.7 Å². The van der Waals surface area contributed by atoms with Crippen LogP contribution in [0.4, 0.5) is 5.69 Å². The highest BCUT2D eigenvalue weighted by molar-refractivity contribution is 5.76. The Labute approximate surface area is 151 Å². The summed E-state index contributed by atoms with van der Waals surface area (Å²) in [6.45, 7) is 7.07. The zero-order valence-corrected chi connectivity index (χ0v) is 15.6. The molecule has 0 aromatic carbocycles. The van der Waals surface area contributed by atoms with Gasteiger partial charge in [0.25, 0.3) is 0 Å². The molecule has 0 bridgehead atoms. The fourth-order valence-electron chi connectivity index (χ4n) is 4.45. The van der Waals surface area contributed by atoms with Crippen molar-refractivity contribution >= 4 is 11.6 Å². The smallest absolute Gasteiger partial charge is 0.222 e. The van der Waals surface area contributed by atoms with Crippen molar-refractivity contribution in [3.8, 4) is 0 Å². The van der Waals surface area contributed by atoms with Gasteiger partial charge in [0.15, 0.2) is 0 Å². The third-order valence-electron chi connectivity index (χ3n) is 6.43. The van der Waals surface area contributed by atoms with E-state index in [4.69, 9.17) is 0 Å². The molecule has 1 aliphatic carbocycles. The van der Waals surface area contributed by atoms with Gasteiger partial charge in [0.1, 0.15) is 0 Å². The molecule has 1 amide bonds. The van der Waals surface area contributed by atoms with Crippen LogP contribution in [-0.4, -0.2) is 66.0 Å². The summed E-state index contributed by atoms with van der Waals surface area (Å²) in [7, 11) is 2.25. The summed E-state index contributed by atoms with van der Waals surface area (Å²) in [4.78, 5) is 24.1. The van der Waals surface area contributed by atoms with Gasteiger partial charge in [0, 0.05) is 62.3 Å². The van der Waals surface area contributed by atoms with Gasteiger partial charge < -0.3 is 9.80 Å². The molecule has 1 aromatic heterocycles. The van der Waals surface area contributed by atoms with Crippen LogP contribution in [0, 0.1) is 12.8 Å². The molecule has 0 unspecified atom stereocenters. The van der Waals surface area contributed by atoms with E-state index in [2.05, 4.69) is 45.8 Å². The maximum absolute atomic E-state index is 12.6. The van der Waals surface area contributed by atoms with Crippen LogP contribution in [0.5, 0.6) is 0 Å². The second-order valence-electron chi connectivity index (χ2n) is 8.26. The zero-order chi connectivity index (χ0) is 17.4.